The zero-order chi connectivity index (χ0) is 20.5. The van der Waals surface area contributed by atoms with Crippen LogP contribution in [0.3, 0.4) is 0 Å². The van der Waals surface area contributed by atoms with Gasteiger partial charge in [-0.3, -0.25) is 19.2 Å². The van der Waals surface area contributed by atoms with Crippen LogP contribution >= 0.6 is 0 Å². The highest BCUT2D eigenvalue weighted by Gasteiger charge is 2.66. The summed E-state index contributed by atoms with van der Waals surface area (Å²) in [5.41, 5.74) is -1.88. The molecular formula is C22H20O6. The number of aliphatic hydroxyl groups is 1. The van der Waals surface area contributed by atoms with Gasteiger partial charge in [0.15, 0.2) is 11.6 Å². The third-order valence-corrected chi connectivity index (χ3v) is 5.10. The van der Waals surface area contributed by atoms with Crippen LogP contribution in [0.25, 0.3) is 0 Å². The van der Waals surface area contributed by atoms with Gasteiger partial charge in [-0.05, 0) is 19.4 Å². The molecule has 2 atom stereocenters. The third kappa shape index (κ3) is 2.77. The van der Waals surface area contributed by atoms with Gasteiger partial charge in [-0.1, -0.05) is 54.6 Å². The molecule has 1 aliphatic carbocycles. The molecular weight excluding hydrogens is 360 g/mol. The van der Waals surface area contributed by atoms with E-state index in [4.69, 9.17) is 4.74 Å². The first-order chi connectivity index (χ1) is 13.4. The molecule has 144 valence electrons. The van der Waals surface area contributed by atoms with E-state index in [9.17, 15) is 24.3 Å². The number of ketones is 3. The summed E-state index contributed by atoms with van der Waals surface area (Å²) in [7, 11) is 0. The molecule has 2 aromatic carbocycles. The maximum Gasteiger partial charge on any atom is 0.318 e. The Hall–Kier alpha value is -3.12. The van der Waals surface area contributed by atoms with E-state index in [0.717, 1.165) is 6.92 Å². The van der Waals surface area contributed by atoms with E-state index >= 15 is 0 Å². The van der Waals surface area contributed by atoms with Crippen LogP contribution in [-0.2, 0) is 14.3 Å². The molecule has 1 aliphatic rings. The molecule has 0 heterocycles. The quantitative estimate of drug-likeness (QED) is 0.611. The molecule has 0 spiro atoms. The third-order valence-electron chi connectivity index (χ3n) is 5.10. The van der Waals surface area contributed by atoms with Crippen molar-refractivity contribution in [3.63, 3.8) is 0 Å². The van der Waals surface area contributed by atoms with Crippen molar-refractivity contribution in [2.75, 3.05) is 6.61 Å². The molecule has 0 saturated carbocycles. The van der Waals surface area contributed by atoms with Crippen molar-refractivity contribution >= 4 is 23.3 Å². The molecule has 0 amide bonds. The topological polar surface area (TPSA) is 97.7 Å². The Morgan fingerprint density at radius 1 is 0.964 bits per heavy atom. The second-order valence-electron chi connectivity index (χ2n) is 6.68. The average molecular weight is 380 g/mol. The lowest BCUT2D eigenvalue weighted by Crippen LogP contribution is -2.52. The molecule has 6 nitrogen and oxygen atoms in total. The number of aliphatic hydroxyl groups excluding tert-OH is 1. The molecule has 0 aromatic heterocycles. The van der Waals surface area contributed by atoms with Gasteiger partial charge in [-0.2, -0.15) is 0 Å². The summed E-state index contributed by atoms with van der Waals surface area (Å²) in [6.07, 6.45) is -1.69. The Morgan fingerprint density at radius 3 is 1.93 bits per heavy atom. The first kappa shape index (κ1) is 19.6. The second kappa shape index (κ2) is 7.48. The van der Waals surface area contributed by atoms with E-state index in [2.05, 4.69) is 0 Å². The van der Waals surface area contributed by atoms with Crippen molar-refractivity contribution in [2.45, 2.75) is 20.0 Å². The van der Waals surface area contributed by atoms with Crippen LogP contribution in [0.4, 0.5) is 0 Å². The zero-order valence-corrected chi connectivity index (χ0v) is 15.5. The van der Waals surface area contributed by atoms with Gasteiger partial charge in [0.2, 0.25) is 0 Å². The standard InChI is InChI=1S/C22H20O6/c1-3-28-21(27)17(13(2)23)22(18(24)14-9-5-4-6-10-14)19(25)15-11-7-8-12-16(15)20(22)26/h4-12,17-18,24H,3H2,1-2H3/t17-,18-/m1/s1. The number of hydrogen-bond acceptors (Lipinski definition) is 6. The fourth-order valence-electron chi connectivity index (χ4n) is 3.89. The van der Waals surface area contributed by atoms with Crippen LogP contribution in [0.2, 0.25) is 0 Å². The van der Waals surface area contributed by atoms with Gasteiger partial charge in [0.1, 0.15) is 23.2 Å². The summed E-state index contributed by atoms with van der Waals surface area (Å²) in [6.45, 7) is 2.64. The Labute approximate surface area is 162 Å². The number of hydrogen-bond donors (Lipinski definition) is 1. The van der Waals surface area contributed by atoms with E-state index in [1.807, 2.05) is 0 Å². The summed E-state index contributed by atoms with van der Waals surface area (Å²) < 4.78 is 5.01. The lowest BCUT2D eigenvalue weighted by atomic mass is 9.64. The lowest BCUT2D eigenvalue weighted by molar-refractivity contribution is -0.157. The fourth-order valence-corrected chi connectivity index (χ4v) is 3.89. The number of carbonyl (C=O) groups excluding carboxylic acids is 4. The molecule has 1 N–H and O–H groups in total. The number of fused-ring (bicyclic) bond motifs is 1. The Morgan fingerprint density at radius 2 is 1.46 bits per heavy atom. The minimum atomic E-state index is -2.30. The fraction of sp³-hybridized carbons (Fsp3) is 0.273. The van der Waals surface area contributed by atoms with E-state index < -0.39 is 40.8 Å². The number of esters is 1. The Bertz CT molecular complexity index is 912. The van der Waals surface area contributed by atoms with Gasteiger partial charge >= 0.3 is 5.97 Å². The molecule has 3 rings (SSSR count). The zero-order valence-electron chi connectivity index (χ0n) is 15.5. The smallest absolute Gasteiger partial charge is 0.318 e. The SMILES string of the molecule is CCOC(=O)[C@@H](C(C)=O)C1([C@H](O)c2ccccc2)C(=O)c2ccccc2C1=O. The maximum absolute atomic E-state index is 13.5. The number of carbonyl (C=O) groups is 4. The molecule has 28 heavy (non-hydrogen) atoms. The number of ether oxygens (including phenoxy) is 1. The molecule has 0 saturated heterocycles. The van der Waals surface area contributed by atoms with E-state index in [1.165, 1.54) is 24.3 Å². The first-order valence-electron chi connectivity index (χ1n) is 8.96. The van der Waals surface area contributed by atoms with Crippen molar-refractivity contribution in [2.24, 2.45) is 11.3 Å². The van der Waals surface area contributed by atoms with Crippen molar-refractivity contribution in [1.82, 2.24) is 0 Å². The van der Waals surface area contributed by atoms with Gasteiger partial charge < -0.3 is 9.84 Å². The van der Waals surface area contributed by atoms with Crippen LogP contribution in [-0.4, -0.2) is 35.0 Å². The van der Waals surface area contributed by atoms with Gasteiger partial charge in [-0.25, -0.2) is 0 Å². The maximum atomic E-state index is 13.5. The monoisotopic (exact) mass is 380 g/mol. The van der Waals surface area contributed by atoms with Crippen molar-refractivity contribution in [1.29, 1.82) is 0 Å². The Kier molecular flexibility index (Phi) is 5.25. The van der Waals surface area contributed by atoms with Crippen LogP contribution in [0.15, 0.2) is 54.6 Å². The highest BCUT2D eigenvalue weighted by molar-refractivity contribution is 6.33. The van der Waals surface area contributed by atoms with Gasteiger partial charge in [0, 0.05) is 11.1 Å². The highest BCUT2D eigenvalue weighted by atomic mass is 16.5. The van der Waals surface area contributed by atoms with Crippen molar-refractivity contribution < 1.29 is 29.0 Å². The predicted molar refractivity (Wildman–Crippen MR) is 99.7 cm³/mol. The van der Waals surface area contributed by atoms with Crippen LogP contribution < -0.4 is 0 Å². The largest absolute Gasteiger partial charge is 0.465 e. The second-order valence-corrected chi connectivity index (χ2v) is 6.68. The Balaban J connectivity index is 2.30. The summed E-state index contributed by atoms with van der Waals surface area (Å²) >= 11 is 0. The molecule has 0 aliphatic heterocycles. The summed E-state index contributed by atoms with van der Waals surface area (Å²) in [6, 6.07) is 14.1. The van der Waals surface area contributed by atoms with Crippen molar-refractivity contribution in [3.05, 3.63) is 71.3 Å². The van der Waals surface area contributed by atoms with E-state index in [1.54, 1.807) is 37.3 Å². The molecule has 6 heteroatoms. The number of rotatable bonds is 6. The summed E-state index contributed by atoms with van der Waals surface area (Å²) in [5.74, 6) is -4.98. The molecule has 0 unspecified atom stereocenters. The van der Waals surface area contributed by atoms with Gasteiger partial charge in [0.25, 0.3) is 0 Å². The first-order valence-corrected chi connectivity index (χ1v) is 8.96. The highest BCUT2D eigenvalue weighted by Crippen LogP contribution is 2.51. The van der Waals surface area contributed by atoms with Crippen LogP contribution in [0.1, 0.15) is 46.2 Å². The molecule has 0 bridgehead atoms. The normalized spacial score (nSPS) is 17.0. The number of Topliss-reactive ketones (excluding diaryl/α,β-unsaturated/α-hetero) is 3. The summed E-state index contributed by atoms with van der Waals surface area (Å²) in [5, 5.41) is 11.2. The van der Waals surface area contributed by atoms with Gasteiger partial charge in [-0.15, -0.1) is 0 Å². The molecule has 2 aromatic rings. The van der Waals surface area contributed by atoms with Crippen LogP contribution in [0, 0.1) is 11.3 Å². The van der Waals surface area contributed by atoms with Gasteiger partial charge in [0.05, 0.1) is 6.61 Å². The van der Waals surface area contributed by atoms with E-state index in [-0.39, 0.29) is 23.3 Å². The minimum Gasteiger partial charge on any atom is -0.465 e. The van der Waals surface area contributed by atoms with Crippen molar-refractivity contribution in [3.8, 4) is 0 Å². The number of benzene rings is 2. The van der Waals surface area contributed by atoms with Crippen LogP contribution in [0.5, 0.6) is 0 Å². The average Bonchev–Trinajstić information content (AvgIpc) is 2.91. The lowest BCUT2D eigenvalue weighted by Gasteiger charge is -2.36. The summed E-state index contributed by atoms with van der Waals surface area (Å²) in [4.78, 5) is 52.1. The van der Waals surface area contributed by atoms with E-state index in [0.29, 0.717) is 0 Å². The predicted octanol–water partition coefficient (Wildman–Crippen LogP) is 2.55. The minimum absolute atomic E-state index is 0.0323. The molecule has 0 fully saturated rings. The molecule has 0 radical (unpaired) electrons.